The molecule has 0 fully saturated rings. The predicted molar refractivity (Wildman–Crippen MR) is 84.4 cm³/mol. The van der Waals surface area contributed by atoms with Gasteiger partial charge >= 0.3 is 0 Å². The first-order valence-corrected chi connectivity index (χ1v) is 6.82. The second-order valence-electron chi connectivity index (χ2n) is 5.29. The Morgan fingerprint density at radius 3 is 2.67 bits per heavy atom. The number of nitrogens with zero attached hydrogens (tertiary/aromatic N) is 1. The zero-order valence-electron chi connectivity index (χ0n) is 12.6. The number of amides is 2. The van der Waals surface area contributed by atoms with Crippen LogP contribution in [-0.2, 0) is 17.9 Å². The number of fused-ring (bicyclic) bond motifs is 1. The van der Waals surface area contributed by atoms with Gasteiger partial charge in [-0.25, -0.2) is 0 Å². The van der Waals surface area contributed by atoms with E-state index in [1.807, 2.05) is 25.1 Å². The molecule has 116 valence electrons. The van der Waals surface area contributed by atoms with Gasteiger partial charge in [0.1, 0.15) is 0 Å². The molecule has 1 unspecified atom stereocenters. The molecule has 0 spiro atoms. The van der Waals surface area contributed by atoms with Crippen molar-refractivity contribution in [3.05, 3.63) is 34.9 Å². The van der Waals surface area contributed by atoms with Gasteiger partial charge in [0.25, 0.3) is 5.91 Å². The van der Waals surface area contributed by atoms with E-state index in [1.54, 1.807) is 19.0 Å². The molecule has 1 heterocycles. The summed E-state index contributed by atoms with van der Waals surface area (Å²) in [4.78, 5) is 25.5. The summed E-state index contributed by atoms with van der Waals surface area (Å²) >= 11 is 0. The van der Waals surface area contributed by atoms with Crippen molar-refractivity contribution >= 4 is 24.2 Å². The molecular formula is C15H22ClN3O2. The van der Waals surface area contributed by atoms with Gasteiger partial charge in [0.05, 0.1) is 5.92 Å². The maximum Gasteiger partial charge on any atom is 0.253 e. The predicted octanol–water partition coefficient (Wildman–Crippen LogP) is 1.17. The molecular weight excluding hydrogens is 290 g/mol. The number of hydrogen-bond donors (Lipinski definition) is 2. The highest BCUT2D eigenvalue weighted by molar-refractivity contribution is 5.94. The van der Waals surface area contributed by atoms with E-state index in [0.717, 1.165) is 13.1 Å². The van der Waals surface area contributed by atoms with Crippen LogP contribution in [0, 0.1) is 5.92 Å². The van der Waals surface area contributed by atoms with Crippen LogP contribution in [0.5, 0.6) is 0 Å². The number of hydrogen-bond acceptors (Lipinski definition) is 3. The topological polar surface area (TPSA) is 61.4 Å². The third-order valence-corrected chi connectivity index (χ3v) is 3.67. The number of nitrogens with one attached hydrogen (secondary N) is 2. The Morgan fingerprint density at radius 1 is 1.33 bits per heavy atom. The number of halogens is 1. The fourth-order valence-corrected chi connectivity index (χ4v) is 2.47. The first-order chi connectivity index (χ1) is 9.52. The molecule has 1 aliphatic rings. The van der Waals surface area contributed by atoms with Crippen LogP contribution in [0.4, 0.5) is 0 Å². The molecule has 1 atom stereocenters. The van der Waals surface area contributed by atoms with Crippen molar-refractivity contribution in [3.8, 4) is 0 Å². The molecule has 1 aliphatic heterocycles. The summed E-state index contributed by atoms with van der Waals surface area (Å²) in [7, 11) is 3.33. The number of carbonyl (C=O) groups excluding carboxylic acids is 2. The van der Waals surface area contributed by atoms with Gasteiger partial charge in [-0.05, 0) is 23.3 Å². The molecule has 2 rings (SSSR count). The summed E-state index contributed by atoms with van der Waals surface area (Å²) in [6.45, 7) is 3.91. The Kier molecular flexibility index (Phi) is 6.18. The normalized spacial score (nSPS) is 13.9. The minimum atomic E-state index is -0.218. The van der Waals surface area contributed by atoms with Crippen molar-refractivity contribution in [2.24, 2.45) is 5.92 Å². The maximum atomic E-state index is 12.4. The quantitative estimate of drug-likeness (QED) is 0.877. The van der Waals surface area contributed by atoms with Crippen LogP contribution in [0.25, 0.3) is 0 Å². The molecule has 0 saturated heterocycles. The molecule has 0 radical (unpaired) electrons. The van der Waals surface area contributed by atoms with E-state index >= 15 is 0 Å². The zero-order chi connectivity index (χ0) is 14.7. The Balaban J connectivity index is 0.00000220. The van der Waals surface area contributed by atoms with Gasteiger partial charge < -0.3 is 15.5 Å². The van der Waals surface area contributed by atoms with Gasteiger partial charge in [-0.2, -0.15) is 0 Å². The van der Waals surface area contributed by atoms with Crippen LogP contribution < -0.4 is 10.6 Å². The molecule has 0 saturated carbocycles. The van der Waals surface area contributed by atoms with Gasteiger partial charge in [0, 0.05) is 39.3 Å². The van der Waals surface area contributed by atoms with Crippen LogP contribution in [-0.4, -0.2) is 37.4 Å². The van der Waals surface area contributed by atoms with Crippen molar-refractivity contribution in [1.82, 2.24) is 15.5 Å². The number of benzene rings is 1. The summed E-state index contributed by atoms with van der Waals surface area (Å²) in [5.41, 5.74) is 3.12. The second kappa shape index (κ2) is 7.43. The minimum absolute atomic E-state index is 0. The monoisotopic (exact) mass is 311 g/mol. The van der Waals surface area contributed by atoms with Gasteiger partial charge in [-0.15, -0.1) is 12.4 Å². The van der Waals surface area contributed by atoms with Crippen LogP contribution in [0.3, 0.4) is 0 Å². The molecule has 0 aromatic heterocycles. The molecule has 0 bridgehead atoms. The van der Waals surface area contributed by atoms with E-state index in [0.29, 0.717) is 12.1 Å². The van der Waals surface area contributed by atoms with E-state index in [9.17, 15) is 9.59 Å². The fourth-order valence-electron chi connectivity index (χ4n) is 2.47. The number of rotatable bonds is 4. The molecule has 1 aromatic rings. The lowest BCUT2D eigenvalue weighted by molar-refractivity contribution is -0.124. The van der Waals surface area contributed by atoms with Crippen molar-refractivity contribution < 1.29 is 9.59 Å². The Labute approximate surface area is 131 Å². The van der Waals surface area contributed by atoms with Crippen molar-refractivity contribution in [2.75, 3.05) is 20.6 Å². The molecule has 2 amide bonds. The first kappa shape index (κ1) is 17.5. The van der Waals surface area contributed by atoms with Gasteiger partial charge in [0.15, 0.2) is 0 Å². The van der Waals surface area contributed by atoms with Crippen molar-refractivity contribution in [3.63, 3.8) is 0 Å². The standard InChI is InChI=1S/C15H21N3O2.ClH/c1-10(14(19)16-2)9-18(3)15(20)11-4-5-12-7-17-8-13(12)6-11;/h4-6,10,17H,7-9H2,1-3H3,(H,16,19);1H. The highest BCUT2D eigenvalue weighted by Gasteiger charge is 2.20. The summed E-state index contributed by atoms with van der Waals surface area (Å²) in [5.74, 6) is -0.316. The highest BCUT2D eigenvalue weighted by atomic mass is 35.5. The SMILES string of the molecule is CNC(=O)C(C)CN(C)C(=O)c1ccc2c(c1)CNC2.Cl. The summed E-state index contributed by atoms with van der Waals surface area (Å²) in [6, 6.07) is 5.80. The highest BCUT2D eigenvalue weighted by Crippen LogP contribution is 2.18. The lowest BCUT2D eigenvalue weighted by Crippen LogP contribution is -2.37. The molecule has 21 heavy (non-hydrogen) atoms. The van der Waals surface area contributed by atoms with Gasteiger partial charge in [-0.1, -0.05) is 13.0 Å². The molecule has 2 N–H and O–H groups in total. The Morgan fingerprint density at radius 2 is 2.00 bits per heavy atom. The fraction of sp³-hybridized carbons (Fsp3) is 0.467. The zero-order valence-corrected chi connectivity index (χ0v) is 13.4. The molecule has 5 nitrogen and oxygen atoms in total. The second-order valence-corrected chi connectivity index (χ2v) is 5.29. The molecule has 1 aromatic carbocycles. The van der Waals surface area contributed by atoms with Gasteiger partial charge in [0.2, 0.25) is 5.91 Å². The number of carbonyl (C=O) groups is 2. The van der Waals surface area contributed by atoms with Gasteiger partial charge in [-0.3, -0.25) is 9.59 Å². The van der Waals surface area contributed by atoms with Crippen LogP contribution in [0.1, 0.15) is 28.4 Å². The lowest BCUT2D eigenvalue weighted by Gasteiger charge is -2.21. The summed E-state index contributed by atoms with van der Waals surface area (Å²) in [5, 5.41) is 5.86. The van der Waals surface area contributed by atoms with Crippen LogP contribution in [0.2, 0.25) is 0 Å². The summed E-state index contributed by atoms with van der Waals surface area (Å²) in [6.07, 6.45) is 0. The Hall–Kier alpha value is -1.59. The van der Waals surface area contributed by atoms with E-state index < -0.39 is 0 Å². The van der Waals surface area contributed by atoms with E-state index in [1.165, 1.54) is 11.1 Å². The van der Waals surface area contributed by atoms with Crippen LogP contribution in [0.15, 0.2) is 18.2 Å². The first-order valence-electron chi connectivity index (χ1n) is 6.82. The largest absolute Gasteiger partial charge is 0.359 e. The minimum Gasteiger partial charge on any atom is -0.359 e. The van der Waals surface area contributed by atoms with E-state index in [4.69, 9.17) is 0 Å². The smallest absolute Gasteiger partial charge is 0.253 e. The third-order valence-electron chi connectivity index (χ3n) is 3.67. The molecule has 6 heteroatoms. The maximum absolute atomic E-state index is 12.4. The average Bonchev–Trinajstić information content (AvgIpc) is 2.92. The van der Waals surface area contributed by atoms with E-state index in [2.05, 4.69) is 10.6 Å². The average molecular weight is 312 g/mol. The molecule has 0 aliphatic carbocycles. The summed E-state index contributed by atoms with van der Waals surface area (Å²) < 4.78 is 0. The third kappa shape index (κ3) is 3.95. The van der Waals surface area contributed by atoms with Crippen molar-refractivity contribution in [1.29, 1.82) is 0 Å². The lowest BCUT2D eigenvalue weighted by atomic mass is 10.0. The van der Waals surface area contributed by atoms with E-state index in [-0.39, 0.29) is 30.1 Å². The van der Waals surface area contributed by atoms with Crippen molar-refractivity contribution in [2.45, 2.75) is 20.0 Å². The van der Waals surface area contributed by atoms with Crippen LogP contribution >= 0.6 is 12.4 Å². The Bertz CT molecular complexity index is 534.